The molecule has 1 N–H and O–H groups in total. The largest absolute Gasteiger partial charge is 0.342 e. The zero-order valence-corrected chi connectivity index (χ0v) is 12.3. The molecule has 1 heterocycles. The van der Waals surface area contributed by atoms with Gasteiger partial charge >= 0.3 is 0 Å². The van der Waals surface area contributed by atoms with Crippen molar-refractivity contribution in [3.63, 3.8) is 0 Å². The molecular formula is C14H21NOS. The molecule has 2 fully saturated rings. The van der Waals surface area contributed by atoms with E-state index in [1.54, 1.807) is 0 Å². The van der Waals surface area contributed by atoms with E-state index in [2.05, 4.69) is 46.9 Å². The Morgan fingerprint density at radius 1 is 1.06 bits per heavy atom. The van der Waals surface area contributed by atoms with Crippen LogP contribution in [0, 0.1) is 16.2 Å². The number of carbonyl (C=O) groups is 1. The Hall–Kier alpha value is -0.440. The summed E-state index contributed by atoms with van der Waals surface area (Å²) in [5.74, 6) is 0. The summed E-state index contributed by atoms with van der Waals surface area (Å²) in [5.41, 5.74) is 3.46. The monoisotopic (exact) mass is 251 g/mol. The van der Waals surface area contributed by atoms with Crippen LogP contribution in [0.5, 0.6) is 0 Å². The van der Waals surface area contributed by atoms with Crippen LogP contribution in [0.15, 0.2) is 11.1 Å². The Morgan fingerprint density at radius 2 is 1.59 bits per heavy atom. The number of hydrogen-bond donors (Lipinski definition) is 1. The van der Waals surface area contributed by atoms with Gasteiger partial charge in [0, 0.05) is 16.1 Å². The predicted molar refractivity (Wildman–Crippen MR) is 72.1 cm³/mol. The molecule has 2 aliphatic carbocycles. The third kappa shape index (κ3) is 0.864. The molecule has 2 bridgehead atoms. The molecule has 0 aromatic heterocycles. The van der Waals surface area contributed by atoms with Crippen LogP contribution in [-0.2, 0) is 0 Å². The van der Waals surface area contributed by atoms with Crippen LogP contribution in [0.1, 0.15) is 41.5 Å². The lowest BCUT2D eigenvalue weighted by molar-refractivity contribution is 0.101. The SMILES string of the molecule is CC1=C(C)C2(C)[C@H]3SC(=O)N[C@H]3C1(C)C2(C)C. The zero-order chi connectivity index (χ0) is 12.8. The first-order valence-electron chi connectivity index (χ1n) is 6.34. The van der Waals surface area contributed by atoms with Crippen molar-refractivity contribution in [3.8, 4) is 0 Å². The summed E-state index contributed by atoms with van der Waals surface area (Å²) in [4.78, 5) is 11.7. The average molecular weight is 251 g/mol. The number of nitrogens with one attached hydrogen (secondary N) is 1. The number of carbonyl (C=O) groups excluding carboxylic acids is 1. The average Bonchev–Trinajstić information content (AvgIpc) is 2.72. The normalized spacial score (nSPS) is 50.8. The highest BCUT2D eigenvalue weighted by Crippen LogP contribution is 2.76. The van der Waals surface area contributed by atoms with Gasteiger partial charge in [-0.15, -0.1) is 0 Å². The molecule has 94 valence electrons. The van der Waals surface area contributed by atoms with Gasteiger partial charge in [0.1, 0.15) is 0 Å². The molecule has 0 aromatic rings. The highest BCUT2D eigenvalue weighted by Gasteiger charge is 2.75. The molecule has 1 saturated heterocycles. The summed E-state index contributed by atoms with van der Waals surface area (Å²) >= 11 is 1.52. The first-order valence-corrected chi connectivity index (χ1v) is 7.22. The lowest BCUT2D eigenvalue weighted by Gasteiger charge is -2.42. The smallest absolute Gasteiger partial charge is 0.279 e. The molecule has 2 unspecified atom stereocenters. The number of allylic oxidation sites excluding steroid dienone is 1. The first-order chi connectivity index (χ1) is 7.69. The molecule has 1 aliphatic heterocycles. The van der Waals surface area contributed by atoms with Crippen molar-refractivity contribution in [1.29, 1.82) is 0 Å². The molecule has 0 spiro atoms. The van der Waals surface area contributed by atoms with Crippen LogP contribution >= 0.6 is 11.8 Å². The molecule has 1 amide bonds. The van der Waals surface area contributed by atoms with Gasteiger partial charge in [0.05, 0.1) is 6.04 Å². The van der Waals surface area contributed by atoms with Gasteiger partial charge in [0.2, 0.25) is 0 Å². The molecule has 0 radical (unpaired) electrons. The second-order valence-electron chi connectivity index (χ2n) is 6.73. The Bertz CT molecular complexity index is 429. The number of rotatable bonds is 0. The molecule has 17 heavy (non-hydrogen) atoms. The van der Waals surface area contributed by atoms with Gasteiger partial charge in [0.25, 0.3) is 5.24 Å². The predicted octanol–water partition coefficient (Wildman–Crippen LogP) is 3.58. The minimum atomic E-state index is 0.107. The van der Waals surface area contributed by atoms with Crippen LogP contribution in [0.25, 0.3) is 0 Å². The molecule has 2 nitrogen and oxygen atoms in total. The lowest BCUT2D eigenvalue weighted by Crippen LogP contribution is -2.46. The summed E-state index contributed by atoms with van der Waals surface area (Å²) in [7, 11) is 0. The van der Waals surface area contributed by atoms with Gasteiger partial charge in [-0.3, -0.25) is 4.79 Å². The van der Waals surface area contributed by atoms with Crippen molar-refractivity contribution in [1.82, 2.24) is 5.32 Å². The van der Waals surface area contributed by atoms with Crippen molar-refractivity contribution < 1.29 is 4.79 Å². The maximum absolute atomic E-state index is 11.7. The summed E-state index contributed by atoms with van der Waals surface area (Å²) in [6, 6.07) is 0.309. The van der Waals surface area contributed by atoms with Crippen molar-refractivity contribution in [3.05, 3.63) is 11.1 Å². The van der Waals surface area contributed by atoms with Gasteiger partial charge in [0.15, 0.2) is 0 Å². The molecule has 3 heteroatoms. The van der Waals surface area contributed by atoms with E-state index in [1.165, 1.54) is 22.9 Å². The maximum atomic E-state index is 11.7. The fourth-order valence-corrected chi connectivity index (χ4v) is 6.37. The first kappa shape index (κ1) is 11.6. The van der Waals surface area contributed by atoms with Crippen molar-refractivity contribution >= 4 is 17.0 Å². The second kappa shape index (κ2) is 2.76. The second-order valence-corrected chi connectivity index (χ2v) is 7.84. The lowest BCUT2D eigenvalue weighted by atomic mass is 9.62. The third-order valence-corrected chi connectivity index (χ3v) is 8.05. The Kier molecular flexibility index (Phi) is 1.89. The third-order valence-electron chi connectivity index (χ3n) is 6.72. The number of amides is 1. The minimum Gasteiger partial charge on any atom is -0.342 e. The van der Waals surface area contributed by atoms with E-state index in [1.807, 2.05) is 0 Å². The van der Waals surface area contributed by atoms with E-state index in [0.717, 1.165) is 0 Å². The quantitative estimate of drug-likeness (QED) is 0.667. The topological polar surface area (TPSA) is 29.1 Å². The van der Waals surface area contributed by atoms with Crippen molar-refractivity contribution in [2.24, 2.45) is 16.2 Å². The van der Waals surface area contributed by atoms with Gasteiger partial charge in [-0.1, -0.05) is 50.6 Å². The molecular weight excluding hydrogens is 230 g/mol. The van der Waals surface area contributed by atoms with E-state index in [-0.39, 0.29) is 21.5 Å². The summed E-state index contributed by atoms with van der Waals surface area (Å²) in [5, 5.41) is 3.77. The minimum absolute atomic E-state index is 0.107. The Morgan fingerprint density at radius 3 is 2.18 bits per heavy atom. The van der Waals surface area contributed by atoms with Crippen LogP contribution in [-0.4, -0.2) is 16.5 Å². The van der Waals surface area contributed by atoms with Crippen LogP contribution in [0.4, 0.5) is 4.79 Å². The number of thioether (sulfide) groups is 1. The van der Waals surface area contributed by atoms with Crippen molar-refractivity contribution in [2.45, 2.75) is 52.8 Å². The Balaban J connectivity index is 2.28. The summed E-state index contributed by atoms with van der Waals surface area (Å²) in [6.07, 6.45) is 0. The summed E-state index contributed by atoms with van der Waals surface area (Å²) in [6.45, 7) is 14.0. The standard InChI is InChI=1S/C14H21NOS/c1-7-8(2)14(6)10-9(15-11(16)17-10)13(7,5)12(14,3)4/h9-10H,1-6H3,(H,15,16)/t9-,10+,13?,14?/m1/s1. The molecule has 0 aromatic carbocycles. The van der Waals surface area contributed by atoms with E-state index >= 15 is 0 Å². The van der Waals surface area contributed by atoms with Gasteiger partial charge in [-0.05, 0) is 19.3 Å². The Labute approximate surface area is 108 Å². The van der Waals surface area contributed by atoms with E-state index in [9.17, 15) is 4.79 Å². The maximum Gasteiger partial charge on any atom is 0.279 e. The summed E-state index contributed by atoms with van der Waals surface area (Å²) < 4.78 is 0. The molecule has 3 rings (SSSR count). The molecule has 1 saturated carbocycles. The fraction of sp³-hybridized carbons (Fsp3) is 0.786. The van der Waals surface area contributed by atoms with E-state index in [4.69, 9.17) is 0 Å². The van der Waals surface area contributed by atoms with Crippen molar-refractivity contribution in [2.75, 3.05) is 0 Å². The highest BCUT2D eigenvalue weighted by molar-refractivity contribution is 8.14. The fourth-order valence-electron chi connectivity index (χ4n) is 4.77. The van der Waals surface area contributed by atoms with Crippen LogP contribution in [0.3, 0.4) is 0 Å². The number of fused-ring (bicyclic) bond motifs is 5. The van der Waals surface area contributed by atoms with E-state index in [0.29, 0.717) is 11.3 Å². The molecule has 4 atom stereocenters. The van der Waals surface area contributed by atoms with Gasteiger partial charge in [-0.2, -0.15) is 0 Å². The van der Waals surface area contributed by atoms with Crippen LogP contribution < -0.4 is 5.32 Å². The van der Waals surface area contributed by atoms with Gasteiger partial charge < -0.3 is 5.32 Å². The van der Waals surface area contributed by atoms with Gasteiger partial charge in [-0.25, -0.2) is 0 Å². The molecule has 3 aliphatic rings. The number of hydrogen-bond acceptors (Lipinski definition) is 2. The van der Waals surface area contributed by atoms with Crippen LogP contribution in [0.2, 0.25) is 0 Å². The highest BCUT2D eigenvalue weighted by atomic mass is 32.2. The zero-order valence-electron chi connectivity index (χ0n) is 11.5. The van der Waals surface area contributed by atoms with E-state index < -0.39 is 0 Å².